The Labute approximate surface area is 152 Å². The van der Waals surface area contributed by atoms with Gasteiger partial charge in [-0.25, -0.2) is 4.79 Å². The number of hydrogen-bond acceptors (Lipinski definition) is 7. The third-order valence-electron chi connectivity index (χ3n) is 3.80. The van der Waals surface area contributed by atoms with Gasteiger partial charge in [0.05, 0.1) is 38.4 Å². The van der Waals surface area contributed by atoms with Crippen LogP contribution in [0.4, 0.5) is 4.79 Å². The number of alkyl carbamates (subject to hydrolysis) is 1. The Kier molecular flexibility index (Phi) is 8.33. The van der Waals surface area contributed by atoms with E-state index in [-0.39, 0.29) is 26.1 Å². The topological polar surface area (TPSA) is 103 Å². The Morgan fingerprint density at radius 3 is 2.58 bits per heavy atom. The molecule has 1 amide bonds. The number of esters is 1. The zero-order chi connectivity index (χ0) is 18.8. The Bertz CT molecular complexity index is 560. The van der Waals surface area contributed by atoms with Gasteiger partial charge in [0.25, 0.3) is 0 Å². The molecule has 2 rings (SSSR count). The summed E-state index contributed by atoms with van der Waals surface area (Å²) in [5.41, 5.74) is 0.841. The normalized spacial score (nSPS) is 16.7. The zero-order valence-electron chi connectivity index (χ0n) is 14.8. The van der Waals surface area contributed by atoms with Crippen LogP contribution in [0.25, 0.3) is 0 Å². The molecule has 0 aromatic heterocycles. The summed E-state index contributed by atoms with van der Waals surface area (Å²) in [4.78, 5) is 23.7. The number of aliphatic hydroxyl groups excluding tert-OH is 1. The predicted octanol–water partition coefficient (Wildman–Crippen LogP) is 1.36. The van der Waals surface area contributed by atoms with Crippen molar-refractivity contribution in [1.82, 2.24) is 5.32 Å². The molecule has 0 radical (unpaired) electrons. The summed E-state index contributed by atoms with van der Waals surface area (Å²) in [5, 5.41) is 12.9. The van der Waals surface area contributed by atoms with E-state index in [0.717, 1.165) is 5.56 Å². The van der Waals surface area contributed by atoms with Gasteiger partial charge in [0.2, 0.25) is 0 Å². The molecule has 0 bridgehead atoms. The van der Waals surface area contributed by atoms with Gasteiger partial charge in [-0.2, -0.15) is 0 Å². The van der Waals surface area contributed by atoms with Crippen LogP contribution in [0, 0.1) is 0 Å². The fourth-order valence-electron chi connectivity index (χ4n) is 2.51. The van der Waals surface area contributed by atoms with Crippen molar-refractivity contribution in [2.75, 3.05) is 19.8 Å². The van der Waals surface area contributed by atoms with Crippen LogP contribution in [0.5, 0.6) is 0 Å². The predicted molar refractivity (Wildman–Crippen MR) is 91.1 cm³/mol. The number of carbonyl (C=O) groups excluding carboxylic acids is 2. The summed E-state index contributed by atoms with van der Waals surface area (Å²) >= 11 is 0. The molecule has 1 aromatic carbocycles. The Hall–Kier alpha value is -2.16. The van der Waals surface area contributed by atoms with E-state index >= 15 is 0 Å². The molecule has 1 aromatic rings. The smallest absolute Gasteiger partial charge is 0.407 e. The van der Waals surface area contributed by atoms with E-state index in [1.165, 1.54) is 0 Å². The first-order valence-corrected chi connectivity index (χ1v) is 8.62. The number of carbonyl (C=O) groups is 2. The van der Waals surface area contributed by atoms with Crippen LogP contribution < -0.4 is 5.32 Å². The maximum atomic E-state index is 12.1. The second kappa shape index (κ2) is 10.7. The molecule has 0 saturated carbocycles. The molecule has 1 aliphatic heterocycles. The number of nitrogens with one attached hydrogen (secondary N) is 1. The molecule has 2 N–H and O–H groups in total. The van der Waals surface area contributed by atoms with E-state index in [2.05, 4.69) is 5.32 Å². The van der Waals surface area contributed by atoms with E-state index in [9.17, 15) is 14.7 Å². The zero-order valence-corrected chi connectivity index (χ0v) is 14.8. The van der Waals surface area contributed by atoms with Crippen LogP contribution in [0.1, 0.15) is 25.3 Å². The molecule has 1 fully saturated rings. The number of amides is 1. The van der Waals surface area contributed by atoms with E-state index in [4.69, 9.17) is 18.9 Å². The quantitative estimate of drug-likeness (QED) is 0.635. The largest absolute Gasteiger partial charge is 0.466 e. The monoisotopic (exact) mass is 367 g/mol. The number of aliphatic hydroxyl groups is 1. The van der Waals surface area contributed by atoms with Crippen LogP contribution in [0.15, 0.2) is 30.3 Å². The van der Waals surface area contributed by atoms with Crippen molar-refractivity contribution < 1.29 is 33.6 Å². The molecule has 1 saturated heterocycles. The highest BCUT2D eigenvalue weighted by molar-refractivity contribution is 5.71. The van der Waals surface area contributed by atoms with Crippen molar-refractivity contribution in [2.45, 2.75) is 44.8 Å². The van der Waals surface area contributed by atoms with Crippen LogP contribution in [0.2, 0.25) is 0 Å². The lowest BCUT2D eigenvalue weighted by molar-refractivity contribution is -0.146. The van der Waals surface area contributed by atoms with Gasteiger partial charge in [-0.15, -0.1) is 0 Å². The van der Waals surface area contributed by atoms with Gasteiger partial charge < -0.3 is 29.4 Å². The maximum Gasteiger partial charge on any atom is 0.407 e. The minimum atomic E-state index is -1.15. The number of ether oxygens (including phenoxy) is 4. The third kappa shape index (κ3) is 6.99. The van der Waals surface area contributed by atoms with Crippen molar-refractivity contribution in [3.05, 3.63) is 35.9 Å². The first-order valence-electron chi connectivity index (χ1n) is 8.62. The first-order chi connectivity index (χ1) is 12.6. The van der Waals surface area contributed by atoms with Gasteiger partial charge >= 0.3 is 12.1 Å². The minimum absolute atomic E-state index is 0.101. The van der Waals surface area contributed by atoms with Crippen LogP contribution in [-0.4, -0.2) is 55.4 Å². The van der Waals surface area contributed by atoms with Crippen LogP contribution in [0.3, 0.4) is 0 Å². The summed E-state index contributed by atoms with van der Waals surface area (Å²) in [6, 6.07) is 8.45. The highest BCUT2D eigenvalue weighted by Gasteiger charge is 2.30. The molecule has 0 aliphatic carbocycles. The molecule has 26 heavy (non-hydrogen) atoms. The Morgan fingerprint density at radius 2 is 1.92 bits per heavy atom. The molecule has 2 unspecified atom stereocenters. The summed E-state index contributed by atoms with van der Waals surface area (Å²) in [6.07, 6.45) is -2.44. The molecule has 8 heteroatoms. The van der Waals surface area contributed by atoms with E-state index < -0.39 is 30.5 Å². The maximum absolute atomic E-state index is 12.1. The number of rotatable bonds is 9. The summed E-state index contributed by atoms with van der Waals surface area (Å²) in [7, 11) is 0. The fourth-order valence-corrected chi connectivity index (χ4v) is 2.51. The van der Waals surface area contributed by atoms with Gasteiger partial charge in [0, 0.05) is 6.42 Å². The van der Waals surface area contributed by atoms with Gasteiger partial charge in [-0.05, 0) is 12.5 Å². The third-order valence-corrected chi connectivity index (χ3v) is 3.80. The average molecular weight is 367 g/mol. The minimum Gasteiger partial charge on any atom is -0.466 e. The second-order valence-electron chi connectivity index (χ2n) is 5.80. The van der Waals surface area contributed by atoms with Crippen molar-refractivity contribution in [3.8, 4) is 0 Å². The van der Waals surface area contributed by atoms with Gasteiger partial charge in [0.1, 0.15) is 6.61 Å². The van der Waals surface area contributed by atoms with E-state index in [1.54, 1.807) is 6.92 Å². The highest BCUT2D eigenvalue weighted by Crippen LogP contribution is 2.15. The van der Waals surface area contributed by atoms with Gasteiger partial charge in [-0.1, -0.05) is 30.3 Å². The first kappa shape index (κ1) is 20.2. The molecule has 1 heterocycles. The molecule has 2 atom stereocenters. The average Bonchev–Trinajstić information content (AvgIpc) is 3.13. The molecule has 8 nitrogen and oxygen atoms in total. The van der Waals surface area contributed by atoms with Crippen molar-refractivity contribution in [1.29, 1.82) is 0 Å². The molecular weight excluding hydrogens is 342 g/mol. The number of benzene rings is 1. The van der Waals surface area contributed by atoms with Crippen LogP contribution in [-0.2, 0) is 30.3 Å². The summed E-state index contributed by atoms with van der Waals surface area (Å²) in [5.74, 6) is -0.544. The van der Waals surface area contributed by atoms with E-state index in [1.807, 2.05) is 30.3 Å². The van der Waals surface area contributed by atoms with Crippen molar-refractivity contribution in [3.63, 3.8) is 0 Å². The van der Waals surface area contributed by atoms with Gasteiger partial charge in [-0.3, -0.25) is 4.79 Å². The van der Waals surface area contributed by atoms with Crippen molar-refractivity contribution in [2.24, 2.45) is 0 Å². The standard InChI is InChI=1S/C18H25NO7/c1-2-23-16(21)11-15(20)14(10-17-24-8-9-25-17)19-18(22)26-12-13-6-4-3-5-7-13/h3-7,14-15,17,20H,2,8-12H2,1H3,(H,19,22). The van der Waals surface area contributed by atoms with Crippen molar-refractivity contribution >= 4 is 12.1 Å². The SMILES string of the molecule is CCOC(=O)CC(O)C(CC1OCCO1)NC(=O)OCc1ccccc1. The molecule has 1 aliphatic rings. The second-order valence-corrected chi connectivity index (χ2v) is 5.80. The number of hydrogen-bond donors (Lipinski definition) is 2. The lowest BCUT2D eigenvalue weighted by Crippen LogP contribution is -2.46. The molecule has 0 spiro atoms. The molecule has 144 valence electrons. The highest BCUT2D eigenvalue weighted by atomic mass is 16.7. The van der Waals surface area contributed by atoms with E-state index in [0.29, 0.717) is 13.2 Å². The Morgan fingerprint density at radius 1 is 1.23 bits per heavy atom. The Balaban J connectivity index is 1.88. The lowest BCUT2D eigenvalue weighted by atomic mass is 10.0. The van der Waals surface area contributed by atoms with Gasteiger partial charge in [0.15, 0.2) is 6.29 Å². The summed E-state index contributed by atoms with van der Waals surface area (Å²) < 4.78 is 20.7. The van der Waals surface area contributed by atoms with Crippen LogP contribution >= 0.6 is 0 Å². The molecular formula is C18H25NO7. The fraction of sp³-hybridized carbons (Fsp3) is 0.556. The lowest BCUT2D eigenvalue weighted by Gasteiger charge is -2.25. The summed E-state index contributed by atoms with van der Waals surface area (Å²) in [6.45, 7) is 2.90.